The van der Waals surface area contributed by atoms with Crippen molar-refractivity contribution in [1.82, 2.24) is 31.1 Å². The summed E-state index contributed by atoms with van der Waals surface area (Å²) < 4.78 is 0. The van der Waals surface area contributed by atoms with Crippen LogP contribution in [0.2, 0.25) is 0 Å². The number of carbonyl (C=O) groups is 2. The Kier molecular flexibility index (Phi) is 11.2. The highest BCUT2D eigenvalue weighted by atomic mass is 16.2. The number of unbranched alkanes of at least 4 members (excludes halogenated alkanes) is 2. The van der Waals surface area contributed by atoms with Gasteiger partial charge in [-0.1, -0.05) is 48.5 Å². The molecule has 0 radical (unpaired) electrons. The largest absolute Gasteiger partial charge is 0.338 e. The van der Waals surface area contributed by atoms with Crippen LogP contribution < -0.4 is 21.3 Å². The zero-order valence-corrected chi connectivity index (χ0v) is 30.8. The van der Waals surface area contributed by atoms with Gasteiger partial charge < -0.3 is 21.3 Å². The second kappa shape index (κ2) is 16.3. The van der Waals surface area contributed by atoms with Gasteiger partial charge in [-0.2, -0.15) is 0 Å². The van der Waals surface area contributed by atoms with Crippen molar-refractivity contribution in [2.45, 2.75) is 145 Å². The Balaban J connectivity index is 0.617. The van der Waals surface area contributed by atoms with Crippen molar-refractivity contribution >= 4 is 12.1 Å². The minimum atomic E-state index is -0.0224. The maximum absolute atomic E-state index is 12.5. The molecule has 4 fully saturated rings. The Morgan fingerprint density at radius 3 is 1.20 bits per heavy atom. The zero-order chi connectivity index (χ0) is 34.6. The molecule has 2 aromatic carbocycles. The molecule has 2 aliphatic carbocycles. The van der Waals surface area contributed by atoms with E-state index in [-0.39, 0.29) is 12.1 Å². The van der Waals surface area contributed by atoms with Crippen molar-refractivity contribution in [2.75, 3.05) is 26.2 Å². The molecule has 2 saturated heterocycles. The average Bonchev–Trinajstić information content (AvgIpc) is 3.92. The quantitative estimate of drug-likeness (QED) is 0.150. The summed E-state index contributed by atoms with van der Waals surface area (Å²) in [7, 11) is 0. The van der Waals surface area contributed by atoms with E-state index in [9.17, 15) is 9.59 Å². The highest BCUT2D eigenvalue weighted by Gasteiger charge is 2.44. The van der Waals surface area contributed by atoms with Gasteiger partial charge in [0, 0.05) is 49.3 Å². The Bertz CT molecular complexity index is 1310. The average molecular weight is 695 g/mol. The third-order valence-corrected chi connectivity index (χ3v) is 13.8. The number of nitrogens with zero attached hydrogens (tertiary/aromatic N) is 2. The van der Waals surface area contributed by atoms with Crippen LogP contribution in [0.1, 0.15) is 156 Å². The van der Waals surface area contributed by atoms with E-state index in [1.807, 2.05) is 0 Å². The molecule has 0 unspecified atom stereocenters. The first-order valence-corrected chi connectivity index (χ1v) is 20.9. The van der Waals surface area contributed by atoms with Crippen LogP contribution in [0.15, 0.2) is 48.5 Å². The van der Waals surface area contributed by atoms with E-state index in [1.54, 1.807) is 22.3 Å². The maximum Gasteiger partial charge on any atom is 0.315 e. The third kappa shape index (κ3) is 7.97. The number of fused-ring (bicyclic) bond motifs is 10. The first kappa shape index (κ1) is 35.0. The summed E-state index contributed by atoms with van der Waals surface area (Å²) in [4.78, 5) is 30.6. The molecule has 0 spiro atoms. The lowest BCUT2D eigenvalue weighted by atomic mass is 9.84. The van der Waals surface area contributed by atoms with E-state index in [1.165, 1.54) is 77.3 Å². The van der Waals surface area contributed by atoms with Crippen molar-refractivity contribution in [2.24, 2.45) is 11.8 Å². The van der Waals surface area contributed by atoms with Crippen molar-refractivity contribution in [3.05, 3.63) is 70.8 Å². The highest BCUT2D eigenvalue weighted by Crippen LogP contribution is 2.54. The van der Waals surface area contributed by atoms with Crippen LogP contribution >= 0.6 is 0 Å². The number of urea groups is 2. The molecule has 4 N–H and O–H groups in total. The van der Waals surface area contributed by atoms with Crippen LogP contribution in [0.4, 0.5) is 9.59 Å². The number of carbonyl (C=O) groups excluding carboxylic acids is 2. The first-order valence-electron chi connectivity index (χ1n) is 20.9. The van der Waals surface area contributed by atoms with Crippen molar-refractivity contribution in [3.63, 3.8) is 0 Å². The standard InChI is InChI=1S/C43H62N6O2/c50-42(46-32-16-12-30(13-17-32)24-28-48-38-20-21-39(48)35-9-3-2-8-34(35)38)44-26-6-1-7-27-45-43(51)47-33-18-14-31(15-19-33)25-29-49-40-22-23-41(49)37-11-5-4-10-36(37)40/h2-5,8-11,30-33,38-41H,1,6-7,12-29H2,(H2,44,46,50)(H2,45,47,51)/t30?,31?,32?,33?,38-,39+,40-,41+. The Hall–Kier alpha value is -3.10. The van der Waals surface area contributed by atoms with E-state index >= 15 is 0 Å². The van der Waals surface area contributed by atoms with E-state index in [4.69, 9.17) is 0 Å². The molecule has 4 bridgehead atoms. The van der Waals surface area contributed by atoms with E-state index in [2.05, 4.69) is 79.6 Å². The SMILES string of the molecule is O=C(NCCCCCNC(=O)NC1CCC(CCN2[C@@H]3CC[C@H]2c2ccccc23)CC1)NC1CCC(CCN2[C@@H]3CC[C@H]2c2ccccc23)CC1. The molecule has 4 heterocycles. The molecule has 4 aliphatic heterocycles. The van der Waals surface area contributed by atoms with Crippen LogP contribution in [0.3, 0.4) is 0 Å². The van der Waals surface area contributed by atoms with Crippen molar-refractivity contribution in [1.29, 1.82) is 0 Å². The molecule has 8 heteroatoms. The number of hydrogen-bond acceptors (Lipinski definition) is 4. The predicted octanol–water partition coefficient (Wildman–Crippen LogP) is 8.44. The molecule has 6 aliphatic rings. The first-order chi connectivity index (χ1) is 25.1. The molecule has 51 heavy (non-hydrogen) atoms. The summed E-state index contributed by atoms with van der Waals surface area (Å²) in [5, 5.41) is 12.6. The number of benzene rings is 2. The summed E-state index contributed by atoms with van der Waals surface area (Å²) in [5.74, 6) is 1.56. The molecular formula is C43H62N6O2. The van der Waals surface area contributed by atoms with Crippen LogP contribution in [-0.2, 0) is 0 Å². The lowest BCUT2D eigenvalue weighted by Crippen LogP contribution is -2.44. The lowest BCUT2D eigenvalue weighted by Gasteiger charge is -2.31. The number of hydrogen-bond donors (Lipinski definition) is 4. The summed E-state index contributed by atoms with van der Waals surface area (Å²) >= 11 is 0. The van der Waals surface area contributed by atoms with Gasteiger partial charge in [-0.25, -0.2) is 9.59 Å². The zero-order valence-electron chi connectivity index (χ0n) is 30.8. The van der Waals surface area contributed by atoms with Gasteiger partial charge in [0.05, 0.1) is 0 Å². The van der Waals surface area contributed by atoms with Gasteiger partial charge in [-0.15, -0.1) is 0 Å². The van der Waals surface area contributed by atoms with E-state index < -0.39 is 0 Å². The van der Waals surface area contributed by atoms with Crippen LogP contribution in [0.25, 0.3) is 0 Å². The number of rotatable bonds is 14. The van der Waals surface area contributed by atoms with Gasteiger partial charge >= 0.3 is 12.1 Å². The van der Waals surface area contributed by atoms with Gasteiger partial charge in [0.25, 0.3) is 0 Å². The second-order valence-electron chi connectivity index (χ2n) is 16.8. The molecule has 8 nitrogen and oxygen atoms in total. The topological polar surface area (TPSA) is 88.7 Å². The molecule has 4 amide bonds. The molecule has 2 aromatic rings. The van der Waals surface area contributed by atoms with Gasteiger partial charge in [0.15, 0.2) is 0 Å². The summed E-state index contributed by atoms with van der Waals surface area (Å²) in [6, 6.07) is 21.3. The molecule has 2 saturated carbocycles. The van der Waals surface area contributed by atoms with Gasteiger partial charge in [0.1, 0.15) is 0 Å². The van der Waals surface area contributed by atoms with Crippen molar-refractivity contribution in [3.8, 4) is 0 Å². The van der Waals surface area contributed by atoms with Crippen molar-refractivity contribution < 1.29 is 9.59 Å². The Morgan fingerprint density at radius 2 is 0.843 bits per heavy atom. The smallest absolute Gasteiger partial charge is 0.315 e. The highest BCUT2D eigenvalue weighted by molar-refractivity contribution is 5.74. The monoisotopic (exact) mass is 694 g/mol. The van der Waals surface area contributed by atoms with E-state index in [0.717, 1.165) is 56.8 Å². The van der Waals surface area contributed by atoms with Gasteiger partial charge in [0.2, 0.25) is 0 Å². The van der Waals surface area contributed by atoms with Crippen LogP contribution in [0, 0.1) is 11.8 Å². The summed E-state index contributed by atoms with van der Waals surface area (Å²) in [5.41, 5.74) is 6.32. The van der Waals surface area contributed by atoms with E-state index in [0.29, 0.717) is 49.3 Å². The predicted molar refractivity (Wildman–Crippen MR) is 203 cm³/mol. The minimum absolute atomic E-state index is 0.0224. The molecule has 276 valence electrons. The lowest BCUT2D eigenvalue weighted by molar-refractivity contribution is 0.185. The fourth-order valence-electron chi connectivity index (χ4n) is 11.1. The van der Waals surface area contributed by atoms with Crippen LogP contribution in [0.5, 0.6) is 0 Å². The maximum atomic E-state index is 12.5. The number of nitrogens with one attached hydrogen (secondary N) is 4. The Morgan fingerprint density at radius 1 is 0.490 bits per heavy atom. The second-order valence-corrected chi connectivity index (χ2v) is 16.8. The minimum Gasteiger partial charge on any atom is -0.338 e. The fourth-order valence-corrected chi connectivity index (χ4v) is 11.1. The number of amides is 4. The summed E-state index contributed by atoms with van der Waals surface area (Å²) in [6.07, 6.45) is 20.0. The Labute approximate surface area is 306 Å². The molecule has 0 aromatic heterocycles. The van der Waals surface area contributed by atoms with Gasteiger partial charge in [-0.05, 0) is 156 Å². The van der Waals surface area contributed by atoms with Gasteiger partial charge in [-0.3, -0.25) is 9.80 Å². The summed E-state index contributed by atoms with van der Waals surface area (Å²) in [6.45, 7) is 3.79. The molecular weight excluding hydrogens is 633 g/mol. The normalized spacial score (nSPS) is 30.9. The van der Waals surface area contributed by atoms with Crippen LogP contribution in [-0.4, -0.2) is 60.1 Å². The fraction of sp³-hybridized carbons (Fsp3) is 0.674. The molecule has 8 rings (SSSR count). The molecule has 4 atom stereocenters. The third-order valence-electron chi connectivity index (χ3n) is 13.8.